The number of pyridine rings is 1. The number of ether oxygens (including phenoxy) is 1. The van der Waals surface area contributed by atoms with Gasteiger partial charge in [0.2, 0.25) is 0 Å². The Labute approximate surface area is 212 Å². The normalized spacial score (nSPS) is 14.6. The van der Waals surface area contributed by atoms with Gasteiger partial charge in [-0.25, -0.2) is 0 Å². The first-order valence-electron chi connectivity index (χ1n) is 12.6. The fraction of sp³-hybridized carbons (Fsp3) is 0.345. The standard InChI is InChI=1S/C29H34N4O3/c1-36-26-10-7-22(8-11-26)20-32-28(34)24-9-12-27-25(19-24)21-31-15-5-3-2-4-6-18-33(27)29(35)23-13-16-30-17-14-23/h7-14,16-17,19,31H,2-6,15,18,20-21H2,1H3,(H,32,34). The van der Waals surface area contributed by atoms with E-state index >= 15 is 0 Å². The molecule has 4 rings (SSSR count). The highest BCUT2D eigenvalue weighted by Crippen LogP contribution is 2.26. The second-order valence-electron chi connectivity index (χ2n) is 9.01. The monoisotopic (exact) mass is 486 g/mol. The van der Waals surface area contributed by atoms with Crippen LogP contribution in [0, 0.1) is 0 Å². The Balaban J connectivity index is 1.57. The highest BCUT2D eigenvalue weighted by molar-refractivity contribution is 6.06. The van der Waals surface area contributed by atoms with Crippen molar-refractivity contribution in [3.8, 4) is 5.75 Å². The molecule has 0 bridgehead atoms. The van der Waals surface area contributed by atoms with E-state index in [9.17, 15) is 9.59 Å². The summed E-state index contributed by atoms with van der Waals surface area (Å²) in [7, 11) is 1.63. The van der Waals surface area contributed by atoms with Crippen LogP contribution in [0.3, 0.4) is 0 Å². The number of rotatable bonds is 5. The van der Waals surface area contributed by atoms with E-state index in [2.05, 4.69) is 15.6 Å². The number of fused-ring (bicyclic) bond motifs is 1. The van der Waals surface area contributed by atoms with Crippen LogP contribution in [0.4, 0.5) is 5.69 Å². The molecule has 0 aliphatic carbocycles. The van der Waals surface area contributed by atoms with Crippen LogP contribution in [0.25, 0.3) is 0 Å². The molecule has 2 heterocycles. The molecule has 1 aliphatic heterocycles. The lowest BCUT2D eigenvalue weighted by Crippen LogP contribution is -2.34. The summed E-state index contributed by atoms with van der Waals surface area (Å²) in [6, 6.07) is 16.7. The molecule has 1 aromatic heterocycles. The van der Waals surface area contributed by atoms with Gasteiger partial charge in [-0.05, 0) is 73.0 Å². The minimum Gasteiger partial charge on any atom is -0.497 e. The van der Waals surface area contributed by atoms with Crippen LogP contribution < -0.4 is 20.3 Å². The second kappa shape index (κ2) is 12.8. The molecule has 36 heavy (non-hydrogen) atoms. The Morgan fingerprint density at radius 3 is 2.47 bits per heavy atom. The first kappa shape index (κ1) is 25.4. The van der Waals surface area contributed by atoms with Gasteiger partial charge in [-0.3, -0.25) is 14.6 Å². The molecule has 0 saturated carbocycles. The molecular weight excluding hydrogens is 452 g/mol. The second-order valence-corrected chi connectivity index (χ2v) is 9.01. The first-order valence-corrected chi connectivity index (χ1v) is 12.6. The van der Waals surface area contributed by atoms with Crippen LogP contribution >= 0.6 is 0 Å². The van der Waals surface area contributed by atoms with Crippen molar-refractivity contribution in [1.82, 2.24) is 15.6 Å². The minimum atomic E-state index is -0.147. The number of nitrogens with one attached hydrogen (secondary N) is 2. The Bertz CT molecular complexity index is 1150. The van der Waals surface area contributed by atoms with Gasteiger partial charge in [-0.15, -0.1) is 0 Å². The highest BCUT2D eigenvalue weighted by Gasteiger charge is 2.21. The number of nitrogens with zero attached hydrogens (tertiary/aromatic N) is 2. The molecular formula is C29H34N4O3. The quantitative estimate of drug-likeness (QED) is 0.545. The van der Waals surface area contributed by atoms with Crippen molar-refractivity contribution in [2.45, 2.75) is 45.2 Å². The lowest BCUT2D eigenvalue weighted by Gasteiger charge is -2.27. The lowest BCUT2D eigenvalue weighted by atomic mass is 10.0. The van der Waals surface area contributed by atoms with Crippen LogP contribution in [-0.4, -0.2) is 37.0 Å². The van der Waals surface area contributed by atoms with Crippen molar-refractivity contribution in [2.75, 3.05) is 25.1 Å². The molecule has 3 aromatic rings. The van der Waals surface area contributed by atoms with Crippen LogP contribution in [-0.2, 0) is 13.1 Å². The number of hydrogen-bond donors (Lipinski definition) is 2. The maximum absolute atomic E-state index is 13.5. The number of carbonyl (C=O) groups excluding carboxylic acids is 2. The molecule has 0 saturated heterocycles. The molecule has 7 heteroatoms. The van der Waals surface area contributed by atoms with Crippen molar-refractivity contribution < 1.29 is 14.3 Å². The van der Waals surface area contributed by atoms with E-state index in [0.717, 1.165) is 48.4 Å². The number of hydrogen-bond acceptors (Lipinski definition) is 5. The first-order chi connectivity index (χ1) is 17.7. The molecule has 0 unspecified atom stereocenters. The van der Waals surface area contributed by atoms with Gasteiger partial charge >= 0.3 is 0 Å². The van der Waals surface area contributed by atoms with Gasteiger partial charge in [0.05, 0.1) is 7.11 Å². The maximum Gasteiger partial charge on any atom is 0.258 e. The average Bonchev–Trinajstić information content (AvgIpc) is 2.92. The fourth-order valence-corrected chi connectivity index (χ4v) is 4.41. The molecule has 2 aromatic carbocycles. The van der Waals surface area contributed by atoms with E-state index in [-0.39, 0.29) is 11.8 Å². The van der Waals surface area contributed by atoms with Gasteiger partial charge < -0.3 is 20.3 Å². The Morgan fingerprint density at radius 2 is 1.69 bits per heavy atom. The smallest absolute Gasteiger partial charge is 0.258 e. The van der Waals surface area contributed by atoms with Crippen LogP contribution in [0.1, 0.15) is 63.9 Å². The van der Waals surface area contributed by atoms with Crippen molar-refractivity contribution in [3.05, 3.63) is 89.2 Å². The molecule has 0 fully saturated rings. The third-order valence-corrected chi connectivity index (χ3v) is 6.47. The summed E-state index contributed by atoms with van der Waals surface area (Å²) in [5, 5.41) is 6.50. The van der Waals surface area contributed by atoms with E-state index in [4.69, 9.17) is 4.74 Å². The van der Waals surface area contributed by atoms with E-state index in [1.54, 1.807) is 37.7 Å². The molecule has 0 spiro atoms. The summed E-state index contributed by atoms with van der Waals surface area (Å²) in [5.74, 6) is 0.586. The zero-order valence-corrected chi connectivity index (χ0v) is 20.8. The number of aromatic nitrogens is 1. The van der Waals surface area contributed by atoms with Gasteiger partial charge in [-0.2, -0.15) is 0 Å². The van der Waals surface area contributed by atoms with Crippen molar-refractivity contribution in [2.24, 2.45) is 0 Å². The van der Waals surface area contributed by atoms with Crippen LogP contribution in [0.2, 0.25) is 0 Å². The summed E-state index contributed by atoms with van der Waals surface area (Å²) in [6.07, 6.45) is 8.77. The molecule has 0 radical (unpaired) electrons. The topological polar surface area (TPSA) is 83.6 Å². The largest absolute Gasteiger partial charge is 0.497 e. The summed E-state index contributed by atoms with van der Waals surface area (Å²) in [6.45, 7) is 2.56. The number of carbonyl (C=O) groups is 2. The minimum absolute atomic E-state index is 0.0487. The van der Waals surface area contributed by atoms with Crippen molar-refractivity contribution in [3.63, 3.8) is 0 Å². The Hall–Kier alpha value is -3.71. The van der Waals surface area contributed by atoms with Crippen LogP contribution in [0.15, 0.2) is 67.0 Å². The molecule has 7 nitrogen and oxygen atoms in total. The maximum atomic E-state index is 13.5. The molecule has 2 N–H and O–H groups in total. The van der Waals surface area contributed by atoms with Gasteiger partial charge in [0.1, 0.15) is 5.75 Å². The average molecular weight is 487 g/mol. The SMILES string of the molecule is COc1ccc(CNC(=O)c2ccc3c(c2)CNCCCCCCCN3C(=O)c2ccncc2)cc1. The molecule has 188 valence electrons. The fourth-order valence-electron chi connectivity index (χ4n) is 4.41. The summed E-state index contributed by atoms with van der Waals surface area (Å²) >= 11 is 0. The predicted octanol–water partition coefficient (Wildman–Crippen LogP) is 4.72. The van der Waals surface area contributed by atoms with E-state index in [1.165, 1.54) is 12.8 Å². The zero-order chi connectivity index (χ0) is 25.2. The number of amides is 2. The number of anilines is 1. The summed E-state index contributed by atoms with van der Waals surface area (Å²) in [5.41, 5.74) is 3.96. The molecule has 2 amide bonds. The lowest BCUT2D eigenvalue weighted by molar-refractivity contribution is 0.0949. The molecule has 1 aliphatic rings. The predicted molar refractivity (Wildman–Crippen MR) is 141 cm³/mol. The van der Waals surface area contributed by atoms with E-state index in [1.807, 2.05) is 41.3 Å². The highest BCUT2D eigenvalue weighted by atomic mass is 16.5. The van der Waals surface area contributed by atoms with Crippen molar-refractivity contribution >= 4 is 17.5 Å². The number of benzene rings is 2. The van der Waals surface area contributed by atoms with Gasteiger partial charge in [0.25, 0.3) is 11.8 Å². The third-order valence-electron chi connectivity index (χ3n) is 6.47. The van der Waals surface area contributed by atoms with Crippen LogP contribution in [0.5, 0.6) is 5.75 Å². The Morgan fingerprint density at radius 1 is 0.944 bits per heavy atom. The number of methoxy groups -OCH3 is 1. The zero-order valence-electron chi connectivity index (χ0n) is 20.8. The molecule has 0 atom stereocenters. The van der Waals surface area contributed by atoms with Crippen molar-refractivity contribution in [1.29, 1.82) is 0 Å². The van der Waals surface area contributed by atoms with Gasteiger partial charge in [0, 0.05) is 48.8 Å². The van der Waals surface area contributed by atoms with E-state index in [0.29, 0.717) is 30.8 Å². The third kappa shape index (κ3) is 6.70. The summed E-state index contributed by atoms with van der Waals surface area (Å²) < 4.78 is 5.20. The van der Waals surface area contributed by atoms with Gasteiger partial charge in [-0.1, -0.05) is 31.4 Å². The Kier molecular flexibility index (Phi) is 9.05. The summed E-state index contributed by atoms with van der Waals surface area (Å²) in [4.78, 5) is 32.4. The van der Waals surface area contributed by atoms with E-state index < -0.39 is 0 Å². The van der Waals surface area contributed by atoms with Gasteiger partial charge in [0.15, 0.2) is 0 Å².